The molecule has 2 aromatic carbocycles. The number of rotatable bonds is 4. The molecule has 4 nitrogen and oxygen atoms in total. The maximum Gasteiger partial charge on any atom is 0.258 e. The zero-order valence-corrected chi connectivity index (χ0v) is 14.9. The molecular weight excluding hydrogens is 331 g/mol. The zero-order valence-electron chi connectivity index (χ0n) is 14.9. The van der Waals surface area contributed by atoms with Gasteiger partial charge in [-0.2, -0.15) is 0 Å². The summed E-state index contributed by atoms with van der Waals surface area (Å²) in [6, 6.07) is 12.9. The lowest BCUT2D eigenvalue weighted by molar-refractivity contribution is 0.0697. The minimum Gasteiger partial charge on any atom is -0.339 e. The van der Waals surface area contributed by atoms with Crippen molar-refractivity contribution >= 4 is 17.5 Å². The molecular formula is C21H23FN2O2. The van der Waals surface area contributed by atoms with Gasteiger partial charge in [0.15, 0.2) is 0 Å². The van der Waals surface area contributed by atoms with Gasteiger partial charge in [0.05, 0.1) is 16.8 Å². The summed E-state index contributed by atoms with van der Waals surface area (Å²) in [6.45, 7) is 0. The third-order valence-corrected chi connectivity index (χ3v) is 4.97. The zero-order chi connectivity index (χ0) is 18.5. The highest BCUT2D eigenvalue weighted by Crippen LogP contribution is 2.25. The molecule has 26 heavy (non-hydrogen) atoms. The molecule has 0 aliphatic heterocycles. The van der Waals surface area contributed by atoms with Gasteiger partial charge >= 0.3 is 0 Å². The van der Waals surface area contributed by atoms with E-state index in [0.29, 0.717) is 11.3 Å². The van der Waals surface area contributed by atoms with E-state index in [0.717, 1.165) is 25.7 Å². The van der Waals surface area contributed by atoms with E-state index >= 15 is 0 Å². The van der Waals surface area contributed by atoms with Crippen LogP contribution >= 0.6 is 0 Å². The van der Waals surface area contributed by atoms with E-state index in [2.05, 4.69) is 5.32 Å². The fraction of sp³-hybridized carbons (Fsp3) is 0.333. The number of hydrogen-bond acceptors (Lipinski definition) is 2. The van der Waals surface area contributed by atoms with Gasteiger partial charge in [-0.3, -0.25) is 9.59 Å². The Kier molecular flexibility index (Phi) is 5.66. The number of halogens is 1. The van der Waals surface area contributed by atoms with Gasteiger partial charge in [-0.25, -0.2) is 4.39 Å². The molecule has 0 atom stereocenters. The standard InChI is InChI=1S/C21H23FN2O2/c1-24(15-9-3-2-4-10-15)21(26)17-12-6-8-14-19(17)23-20(25)16-11-5-7-13-18(16)22/h5-8,11-15H,2-4,9-10H2,1H3,(H,23,25). The molecule has 1 aliphatic rings. The lowest BCUT2D eigenvalue weighted by atomic mass is 9.94. The number of nitrogens with zero attached hydrogens (tertiary/aromatic N) is 1. The summed E-state index contributed by atoms with van der Waals surface area (Å²) in [7, 11) is 1.81. The largest absolute Gasteiger partial charge is 0.339 e. The number of carbonyl (C=O) groups is 2. The SMILES string of the molecule is CN(C(=O)c1ccccc1NC(=O)c1ccccc1F)C1CCCCC1. The Hall–Kier alpha value is -2.69. The van der Waals surface area contributed by atoms with E-state index in [9.17, 15) is 14.0 Å². The Morgan fingerprint density at radius 1 is 0.962 bits per heavy atom. The molecule has 2 amide bonds. The molecule has 0 spiro atoms. The van der Waals surface area contributed by atoms with Crippen molar-refractivity contribution in [2.24, 2.45) is 0 Å². The number of para-hydroxylation sites is 1. The third-order valence-electron chi connectivity index (χ3n) is 4.97. The predicted molar refractivity (Wildman–Crippen MR) is 99.8 cm³/mol. The molecule has 136 valence electrons. The second kappa shape index (κ2) is 8.13. The van der Waals surface area contributed by atoms with E-state index in [1.165, 1.54) is 24.6 Å². The van der Waals surface area contributed by atoms with E-state index in [1.807, 2.05) is 7.05 Å². The Morgan fingerprint density at radius 2 is 1.58 bits per heavy atom. The highest BCUT2D eigenvalue weighted by molar-refractivity contribution is 6.09. The predicted octanol–water partition coefficient (Wildman–Crippen LogP) is 4.48. The Morgan fingerprint density at radius 3 is 2.27 bits per heavy atom. The molecule has 0 heterocycles. The number of nitrogens with one attached hydrogen (secondary N) is 1. The molecule has 2 aromatic rings. The van der Waals surface area contributed by atoms with Crippen molar-refractivity contribution < 1.29 is 14.0 Å². The van der Waals surface area contributed by atoms with Gasteiger partial charge in [-0.05, 0) is 37.1 Å². The number of carbonyl (C=O) groups excluding carboxylic acids is 2. The Balaban J connectivity index is 1.80. The van der Waals surface area contributed by atoms with E-state index in [-0.39, 0.29) is 17.5 Å². The maximum atomic E-state index is 13.8. The van der Waals surface area contributed by atoms with Crippen LogP contribution in [0.15, 0.2) is 48.5 Å². The quantitative estimate of drug-likeness (QED) is 0.880. The second-order valence-electron chi connectivity index (χ2n) is 6.69. The topological polar surface area (TPSA) is 49.4 Å². The van der Waals surface area contributed by atoms with Gasteiger partial charge in [-0.1, -0.05) is 43.5 Å². The lowest BCUT2D eigenvalue weighted by Gasteiger charge is -2.31. The highest BCUT2D eigenvalue weighted by atomic mass is 19.1. The summed E-state index contributed by atoms with van der Waals surface area (Å²) in [6.07, 6.45) is 5.49. The molecule has 1 fully saturated rings. The summed E-state index contributed by atoms with van der Waals surface area (Å²) in [4.78, 5) is 27.1. The molecule has 0 unspecified atom stereocenters. The van der Waals surface area contributed by atoms with Crippen LogP contribution in [0, 0.1) is 5.82 Å². The highest BCUT2D eigenvalue weighted by Gasteiger charge is 2.25. The smallest absolute Gasteiger partial charge is 0.258 e. The van der Waals surface area contributed by atoms with Gasteiger partial charge < -0.3 is 10.2 Å². The van der Waals surface area contributed by atoms with Crippen LogP contribution in [0.25, 0.3) is 0 Å². The van der Waals surface area contributed by atoms with Gasteiger partial charge in [0.1, 0.15) is 5.82 Å². The first kappa shape index (κ1) is 18.1. The van der Waals surface area contributed by atoms with Gasteiger partial charge in [-0.15, -0.1) is 0 Å². The van der Waals surface area contributed by atoms with Gasteiger partial charge in [0, 0.05) is 13.1 Å². The second-order valence-corrected chi connectivity index (χ2v) is 6.69. The van der Waals surface area contributed by atoms with Gasteiger partial charge in [0.25, 0.3) is 11.8 Å². The van der Waals surface area contributed by atoms with Crippen molar-refractivity contribution in [3.05, 3.63) is 65.5 Å². The fourth-order valence-electron chi connectivity index (χ4n) is 3.44. The maximum absolute atomic E-state index is 13.8. The minimum atomic E-state index is -0.590. The summed E-state index contributed by atoms with van der Waals surface area (Å²) in [5.74, 6) is -1.28. The molecule has 1 N–H and O–H groups in total. The van der Waals surface area contributed by atoms with E-state index in [1.54, 1.807) is 35.2 Å². The number of hydrogen-bond donors (Lipinski definition) is 1. The van der Waals surface area contributed by atoms with Crippen LogP contribution in [-0.4, -0.2) is 29.8 Å². The minimum absolute atomic E-state index is 0.0459. The van der Waals surface area contributed by atoms with E-state index < -0.39 is 11.7 Å². The average molecular weight is 354 g/mol. The Bertz CT molecular complexity index is 800. The van der Waals surface area contributed by atoms with Crippen molar-refractivity contribution in [3.8, 4) is 0 Å². The number of amides is 2. The monoisotopic (exact) mass is 354 g/mol. The Labute approximate surface area is 153 Å². The first-order chi connectivity index (χ1) is 12.6. The molecule has 0 saturated heterocycles. The van der Waals surface area contributed by atoms with Crippen molar-refractivity contribution in [3.63, 3.8) is 0 Å². The van der Waals surface area contributed by atoms with Crippen molar-refractivity contribution in [2.45, 2.75) is 38.1 Å². The van der Waals surface area contributed by atoms with Crippen LogP contribution in [0.1, 0.15) is 52.8 Å². The third kappa shape index (κ3) is 3.93. The lowest BCUT2D eigenvalue weighted by Crippen LogP contribution is -2.38. The number of anilines is 1. The molecule has 3 rings (SSSR count). The first-order valence-electron chi connectivity index (χ1n) is 9.00. The molecule has 1 saturated carbocycles. The van der Waals surface area contributed by atoms with Crippen LogP contribution < -0.4 is 5.32 Å². The summed E-state index contributed by atoms with van der Waals surface area (Å²) < 4.78 is 13.8. The van der Waals surface area contributed by atoms with E-state index in [4.69, 9.17) is 0 Å². The van der Waals surface area contributed by atoms with Crippen molar-refractivity contribution in [1.82, 2.24) is 4.90 Å². The number of benzene rings is 2. The van der Waals surface area contributed by atoms with Crippen molar-refractivity contribution in [1.29, 1.82) is 0 Å². The van der Waals surface area contributed by atoms with Crippen LogP contribution in [0.2, 0.25) is 0 Å². The first-order valence-corrected chi connectivity index (χ1v) is 9.00. The van der Waals surface area contributed by atoms with Crippen molar-refractivity contribution in [2.75, 3.05) is 12.4 Å². The molecule has 0 aromatic heterocycles. The molecule has 0 bridgehead atoms. The molecule has 5 heteroatoms. The van der Waals surface area contributed by atoms with Crippen LogP contribution in [-0.2, 0) is 0 Å². The van der Waals surface area contributed by atoms with Crippen LogP contribution in [0.4, 0.5) is 10.1 Å². The summed E-state index contributed by atoms with van der Waals surface area (Å²) in [5.41, 5.74) is 0.772. The summed E-state index contributed by atoms with van der Waals surface area (Å²) >= 11 is 0. The molecule has 0 radical (unpaired) electrons. The average Bonchev–Trinajstić information content (AvgIpc) is 2.68. The molecule has 1 aliphatic carbocycles. The summed E-state index contributed by atoms with van der Waals surface area (Å²) in [5, 5.41) is 2.68. The van der Waals surface area contributed by atoms with Gasteiger partial charge in [0.2, 0.25) is 0 Å². The fourth-order valence-corrected chi connectivity index (χ4v) is 3.44. The van der Waals surface area contributed by atoms with Crippen LogP contribution in [0.3, 0.4) is 0 Å². The normalized spacial score (nSPS) is 14.7. The van der Waals surface area contributed by atoms with Crippen LogP contribution in [0.5, 0.6) is 0 Å².